The summed E-state index contributed by atoms with van der Waals surface area (Å²) in [5.74, 6) is -0.661. The normalized spacial score (nSPS) is 13.1. The Labute approximate surface area is 270 Å². The first-order chi connectivity index (χ1) is 21.6. The minimum atomic E-state index is -0.997. The number of hydrogen-bond donors (Lipinski definition) is 1. The molecule has 250 valence electrons. The summed E-state index contributed by atoms with van der Waals surface area (Å²) in [5.41, 5.74) is 0. The SMILES string of the molecule is CCCCCC=CCC=CCC=CCCCCC(=O)OCC(O)COC(=O)CCCCC=CCC=CCC=CCCCCC. The molecule has 0 saturated heterocycles. The number of allylic oxidation sites excluding steroid dienone is 12. The molecular weight excluding hydrogens is 548 g/mol. The summed E-state index contributed by atoms with van der Waals surface area (Å²) in [6.07, 6.45) is 45.2. The average molecular weight is 613 g/mol. The molecule has 0 radical (unpaired) electrons. The van der Waals surface area contributed by atoms with Crippen molar-refractivity contribution in [1.82, 2.24) is 0 Å². The van der Waals surface area contributed by atoms with Crippen LogP contribution in [0, 0.1) is 0 Å². The summed E-state index contributed by atoms with van der Waals surface area (Å²) in [6, 6.07) is 0. The lowest BCUT2D eigenvalue weighted by molar-refractivity contribution is -0.152. The van der Waals surface area contributed by atoms with Crippen LogP contribution in [-0.2, 0) is 19.1 Å². The zero-order chi connectivity index (χ0) is 32.2. The molecule has 0 aliphatic rings. The van der Waals surface area contributed by atoms with Crippen molar-refractivity contribution in [3.63, 3.8) is 0 Å². The summed E-state index contributed by atoms with van der Waals surface area (Å²) >= 11 is 0. The third kappa shape index (κ3) is 33.8. The molecule has 0 amide bonds. The summed E-state index contributed by atoms with van der Waals surface area (Å²) in [6.45, 7) is 4.15. The van der Waals surface area contributed by atoms with Gasteiger partial charge in [0.15, 0.2) is 0 Å². The van der Waals surface area contributed by atoms with Crippen molar-refractivity contribution in [3.8, 4) is 0 Å². The molecule has 0 unspecified atom stereocenters. The third-order valence-electron chi connectivity index (χ3n) is 6.91. The molecule has 5 heteroatoms. The second-order valence-electron chi connectivity index (χ2n) is 11.3. The van der Waals surface area contributed by atoms with Gasteiger partial charge in [-0.25, -0.2) is 0 Å². The standard InChI is InChI=1S/C39H64O5/c1-3-5-7-9-11-13-15-17-19-21-23-25-27-29-31-33-38(41)43-35-37(40)36-44-39(42)34-32-30-28-26-24-22-20-18-16-14-12-10-8-6-4-2/h11-14,17-20,23-26,37,40H,3-10,15-16,21-22,27-36H2,1-2H3. The number of aliphatic hydroxyl groups is 1. The van der Waals surface area contributed by atoms with Gasteiger partial charge in [-0.3, -0.25) is 9.59 Å². The van der Waals surface area contributed by atoms with Gasteiger partial charge in [0, 0.05) is 12.8 Å². The van der Waals surface area contributed by atoms with Crippen LogP contribution in [-0.4, -0.2) is 36.4 Å². The van der Waals surface area contributed by atoms with Gasteiger partial charge >= 0.3 is 11.9 Å². The predicted molar refractivity (Wildman–Crippen MR) is 186 cm³/mol. The highest BCUT2D eigenvalue weighted by atomic mass is 16.6. The van der Waals surface area contributed by atoms with E-state index in [1.807, 2.05) is 0 Å². The Bertz CT molecular complexity index is 765. The Balaban J connectivity index is 3.62. The van der Waals surface area contributed by atoms with E-state index < -0.39 is 6.10 Å². The molecule has 0 aliphatic carbocycles. The van der Waals surface area contributed by atoms with Gasteiger partial charge in [-0.1, -0.05) is 112 Å². The van der Waals surface area contributed by atoms with Crippen LogP contribution >= 0.6 is 0 Å². The van der Waals surface area contributed by atoms with E-state index >= 15 is 0 Å². The molecule has 0 rings (SSSR count). The molecule has 0 aromatic rings. The van der Waals surface area contributed by atoms with Crippen LogP contribution in [0.1, 0.15) is 142 Å². The number of hydrogen-bond acceptors (Lipinski definition) is 5. The van der Waals surface area contributed by atoms with E-state index in [4.69, 9.17) is 9.47 Å². The van der Waals surface area contributed by atoms with Crippen LogP contribution in [0.3, 0.4) is 0 Å². The van der Waals surface area contributed by atoms with Gasteiger partial charge in [0.05, 0.1) is 0 Å². The Hall–Kier alpha value is -2.66. The monoisotopic (exact) mass is 612 g/mol. The fourth-order valence-corrected chi connectivity index (χ4v) is 4.21. The summed E-state index contributed by atoms with van der Waals surface area (Å²) < 4.78 is 10.2. The van der Waals surface area contributed by atoms with E-state index in [2.05, 4.69) is 86.8 Å². The number of carbonyl (C=O) groups is 2. The van der Waals surface area contributed by atoms with Crippen molar-refractivity contribution in [3.05, 3.63) is 72.9 Å². The van der Waals surface area contributed by atoms with Crippen LogP contribution in [0.5, 0.6) is 0 Å². The van der Waals surface area contributed by atoms with Crippen LogP contribution in [0.25, 0.3) is 0 Å². The highest BCUT2D eigenvalue weighted by Crippen LogP contribution is 2.06. The van der Waals surface area contributed by atoms with E-state index in [0.29, 0.717) is 12.8 Å². The molecule has 5 nitrogen and oxygen atoms in total. The fourth-order valence-electron chi connectivity index (χ4n) is 4.21. The Morgan fingerprint density at radius 2 is 0.773 bits per heavy atom. The van der Waals surface area contributed by atoms with Gasteiger partial charge < -0.3 is 14.6 Å². The quantitative estimate of drug-likeness (QED) is 0.0496. The van der Waals surface area contributed by atoms with Gasteiger partial charge in [0.1, 0.15) is 19.3 Å². The minimum absolute atomic E-state index is 0.152. The van der Waals surface area contributed by atoms with Gasteiger partial charge in [0.25, 0.3) is 0 Å². The van der Waals surface area contributed by atoms with Crippen molar-refractivity contribution < 1.29 is 24.2 Å². The van der Waals surface area contributed by atoms with Crippen LogP contribution in [0.15, 0.2) is 72.9 Å². The number of rotatable bonds is 30. The maximum absolute atomic E-state index is 11.9. The number of carbonyl (C=O) groups excluding carboxylic acids is 2. The maximum atomic E-state index is 11.9. The molecule has 0 spiro atoms. The summed E-state index contributed by atoms with van der Waals surface area (Å²) in [4.78, 5) is 23.8. The molecule has 0 bridgehead atoms. The Morgan fingerprint density at radius 3 is 1.09 bits per heavy atom. The molecule has 0 aromatic carbocycles. The highest BCUT2D eigenvalue weighted by Gasteiger charge is 2.11. The zero-order valence-corrected chi connectivity index (χ0v) is 28.1. The van der Waals surface area contributed by atoms with Gasteiger partial charge in [0.2, 0.25) is 0 Å². The average Bonchev–Trinajstić information content (AvgIpc) is 3.02. The van der Waals surface area contributed by atoms with E-state index in [-0.39, 0.29) is 25.2 Å². The lowest BCUT2D eigenvalue weighted by Gasteiger charge is -2.12. The smallest absolute Gasteiger partial charge is 0.305 e. The molecule has 44 heavy (non-hydrogen) atoms. The number of ether oxygens (including phenoxy) is 2. The molecule has 0 heterocycles. The molecule has 0 aromatic heterocycles. The fraction of sp³-hybridized carbons (Fsp3) is 0.641. The van der Waals surface area contributed by atoms with Crippen molar-refractivity contribution in [2.24, 2.45) is 0 Å². The zero-order valence-electron chi connectivity index (χ0n) is 28.1. The third-order valence-corrected chi connectivity index (χ3v) is 6.91. The maximum Gasteiger partial charge on any atom is 0.305 e. The Kier molecular flexibility index (Phi) is 32.7. The summed E-state index contributed by atoms with van der Waals surface area (Å²) in [7, 11) is 0. The first kappa shape index (κ1) is 41.3. The first-order valence-corrected chi connectivity index (χ1v) is 17.5. The van der Waals surface area contributed by atoms with Crippen molar-refractivity contribution >= 4 is 11.9 Å². The van der Waals surface area contributed by atoms with Gasteiger partial charge in [-0.2, -0.15) is 0 Å². The van der Waals surface area contributed by atoms with E-state index in [1.165, 1.54) is 51.4 Å². The lowest BCUT2D eigenvalue weighted by atomic mass is 10.1. The van der Waals surface area contributed by atoms with Crippen molar-refractivity contribution in [1.29, 1.82) is 0 Å². The highest BCUT2D eigenvalue weighted by molar-refractivity contribution is 5.69. The summed E-state index contributed by atoms with van der Waals surface area (Å²) in [5, 5.41) is 9.96. The molecule has 0 atom stereocenters. The molecule has 0 saturated carbocycles. The molecule has 1 N–H and O–H groups in total. The number of esters is 2. The first-order valence-electron chi connectivity index (χ1n) is 17.5. The van der Waals surface area contributed by atoms with Crippen LogP contribution < -0.4 is 0 Å². The molecule has 0 fully saturated rings. The number of unbranched alkanes of at least 4 members (excludes halogenated alkanes) is 10. The van der Waals surface area contributed by atoms with Crippen LogP contribution in [0.2, 0.25) is 0 Å². The van der Waals surface area contributed by atoms with E-state index in [1.54, 1.807) is 0 Å². The second-order valence-corrected chi connectivity index (χ2v) is 11.3. The van der Waals surface area contributed by atoms with E-state index in [9.17, 15) is 14.7 Å². The topological polar surface area (TPSA) is 72.8 Å². The van der Waals surface area contributed by atoms with E-state index in [0.717, 1.165) is 64.2 Å². The van der Waals surface area contributed by atoms with Crippen LogP contribution in [0.4, 0.5) is 0 Å². The van der Waals surface area contributed by atoms with Gasteiger partial charge in [-0.15, -0.1) is 0 Å². The Morgan fingerprint density at radius 1 is 0.477 bits per heavy atom. The number of aliphatic hydroxyl groups excluding tert-OH is 1. The minimum Gasteiger partial charge on any atom is -0.463 e. The van der Waals surface area contributed by atoms with Crippen molar-refractivity contribution in [2.45, 2.75) is 148 Å². The van der Waals surface area contributed by atoms with Crippen molar-refractivity contribution in [2.75, 3.05) is 13.2 Å². The van der Waals surface area contributed by atoms with Gasteiger partial charge in [-0.05, 0) is 89.9 Å². The lowest BCUT2D eigenvalue weighted by Crippen LogP contribution is -2.25. The molecule has 0 aliphatic heterocycles. The largest absolute Gasteiger partial charge is 0.463 e. The second kappa shape index (κ2) is 34.8. The predicted octanol–water partition coefficient (Wildman–Crippen LogP) is 10.6. The molecular formula is C39H64O5.